The number of fused-ring (bicyclic) bond motifs is 1. The second-order valence-corrected chi connectivity index (χ2v) is 4.75. The minimum Gasteiger partial charge on any atom is -0.344 e. The lowest BCUT2D eigenvalue weighted by atomic mass is 10.3. The van der Waals surface area contributed by atoms with Crippen molar-refractivity contribution in [3.8, 4) is 0 Å². The molecule has 0 aliphatic rings. The van der Waals surface area contributed by atoms with Gasteiger partial charge in [-0.2, -0.15) is 0 Å². The van der Waals surface area contributed by atoms with E-state index in [1.54, 1.807) is 6.20 Å². The van der Waals surface area contributed by atoms with Crippen LogP contribution in [0.15, 0.2) is 30.5 Å². The molecule has 0 fully saturated rings. The normalized spacial score (nSPS) is 12.5. The average Bonchev–Trinajstić information content (AvgIpc) is 3.04. The number of hydrogen-bond donors (Lipinski definition) is 3. The first-order valence-electron chi connectivity index (χ1n) is 6.40. The van der Waals surface area contributed by atoms with E-state index in [2.05, 4.69) is 25.3 Å². The Morgan fingerprint density at radius 2 is 2.10 bits per heavy atom. The topological polar surface area (TPSA) is 86.5 Å². The van der Waals surface area contributed by atoms with Crippen LogP contribution >= 0.6 is 0 Å². The van der Waals surface area contributed by atoms with Gasteiger partial charge in [0.1, 0.15) is 5.82 Å². The summed E-state index contributed by atoms with van der Waals surface area (Å²) in [5.74, 6) is 0.788. The summed E-state index contributed by atoms with van der Waals surface area (Å²) in [4.78, 5) is 26.7. The number of aryl methyl sites for hydroxylation is 1. The lowest BCUT2D eigenvalue weighted by Crippen LogP contribution is -2.28. The molecule has 3 aromatic rings. The van der Waals surface area contributed by atoms with Crippen LogP contribution < -0.4 is 5.32 Å². The lowest BCUT2D eigenvalue weighted by molar-refractivity contribution is 0.0929. The summed E-state index contributed by atoms with van der Waals surface area (Å²) >= 11 is 0. The predicted octanol–water partition coefficient (Wildman–Crippen LogP) is 2.09. The van der Waals surface area contributed by atoms with E-state index in [4.69, 9.17) is 0 Å². The Hall–Kier alpha value is -2.63. The maximum Gasteiger partial charge on any atom is 0.287 e. The Balaban J connectivity index is 1.78. The molecule has 1 atom stereocenters. The number of imidazole rings is 2. The maximum atomic E-state index is 12.2. The molecule has 6 heteroatoms. The van der Waals surface area contributed by atoms with Gasteiger partial charge in [0.15, 0.2) is 5.82 Å². The lowest BCUT2D eigenvalue weighted by Gasteiger charge is -2.09. The van der Waals surface area contributed by atoms with Crippen LogP contribution in [0, 0.1) is 6.92 Å². The number of amides is 1. The number of rotatable bonds is 3. The summed E-state index contributed by atoms with van der Waals surface area (Å²) in [6, 6.07) is 7.33. The number of carbonyl (C=O) groups excluding carboxylic acids is 1. The molecule has 3 N–H and O–H groups in total. The van der Waals surface area contributed by atoms with Crippen LogP contribution in [0.2, 0.25) is 0 Å². The first-order valence-corrected chi connectivity index (χ1v) is 6.40. The number of aromatic nitrogens is 4. The highest BCUT2D eigenvalue weighted by molar-refractivity contribution is 5.94. The van der Waals surface area contributed by atoms with Gasteiger partial charge in [0.25, 0.3) is 5.91 Å². The van der Waals surface area contributed by atoms with E-state index in [-0.39, 0.29) is 11.9 Å². The summed E-state index contributed by atoms with van der Waals surface area (Å²) in [6.07, 6.45) is 1.74. The van der Waals surface area contributed by atoms with Crippen molar-refractivity contribution in [2.75, 3.05) is 0 Å². The Kier molecular flexibility index (Phi) is 2.98. The maximum absolute atomic E-state index is 12.2. The van der Waals surface area contributed by atoms with E-state index in [9.17, 15) is 4.79 Å². The number of benzene rings is 1. The van der Waals surface area contributed by atoms with Gasteiger partial charge < -0.3 is 15.3 Å². The monoisotopic (exact) mass is 269 g/mol. The van der Waals surface area contributed by atoms with E-state index >= 15 is 0 Å². The van der Waals surface area contributed by atoms with Crippen molar-refractivity contribution in [3.63, 3.8) is 0 Å². The Labute approximate surface area is 115 Å². The minimum atomic E-state index is -0.247. The molecular weight excluding hydrogens is 254 g/mol. The summed E-state index contributed by atoms with van der Waals surface area (Å²) in [6.45, 7) is 3.79. The van der Waals surface area contributed by atoms with Crippen molar-refractivity contribution in [1.29, 1.82) is 0 Å². The number of aromatic amines is 2. The van der Waals surface area contributed by atoms with E-state index in [0.717, 1.165) is 22.6 Å². The van der Waals surface area contributed by atoms with Crippen molar-refractivity contribution < 1.29 is 4.79 Å². The minimum absolute atomic E-state index is 0.204. The molecule has 0 aliphatic heterocycles. The van der Waals surface area contributed by atoms with Crippen molar-refractivity contribution in [2.24, 2.45) is 0 Å². The smallest absolute Gasteiger partial charge is 0.287 e. The summed E-state index contributed by atoms with van der Waals surface area (Å²) < 4.78 is 0. The van der Waals surface area contributed by atoms with Gasteiger partial charge >= 0.3 is 0 Å². The summed E-state index contributed by atoms with van der Waals surface area (Å²) in [7, 11) is 0. The first kappa shape index (κ1) is 12.4. The Bertz CT molecular complexity index is 725. The van der Waals surface area contributed by atoms with Gasteiger partial charge in [-0.1, -0.05) is 12.1 Å². The van der Waals surface area contributed by atoms with Gasteiger partial charge in [0.2, 0.25) is 0 Å². The van der Waals surface area contributed by atoms with Crippen LogP contribution in [0.5, 0.6) is 0 Å². The summed E-state index contributed by atoms with van der Waals surface area (Å²) in [5.41, 5.74) is 2.59. The predicted molar refractivity (Wildman–Crippen MR) is 75.3 cm³/mol. The molecule has 0 bridgehead atoms. The first-order chi connectivity index (χ1) is 9.63. The van der Waals surface area contributed by atoms with E-state index in [1.165, 1.54) is 0 Å². The van der Waals surface area contributed by atoms with Gasteiger partial charge in [-0.05, 0) is 26.0 Å². The van der Waals surface area contributed by atoms with Gasteiger partial charge in [0.05, 0.1) is 17.1 Å². The molecule has 6 nitrogen and oxygen atoms in total. The molecule has 0 spiro atoms. The highest BCUT2D eigenvalue weighted by Gasteiger charge is 2.16. The number of hydrogen-bond acceptors (Lipinski definition) is 3. The van der Waals surface area contributed by atoms with Crippen LogP contribution in [0.4, 0.5) is 0 Å². The molecule has 1 amide bonds. The van der Waals surface area contributed by atoms with Gasteiger partial charge in [-0.25, -0.2) is 9.97 Å². The van der Waals surface area contributed by atoms with E-state index in [1.807, 2.05) is 38.1 Å². The molecule has 0 radical (unpaired) electrons. The molecule has 0 saturated carbocycles. The van der Waals surface area contributed by atoms with Crippen LogP contribution in [-0.2, 0) is 0 Å². The molecule has 2 heterocycles. The quantitative estimate of drug-likeness (QED) is 0.680. The number of H-pyrrole nitrogens is 2. The molecular formula is C14H15N5O. The number of para-hydroxylation sites is 2. The van der Waals surface area contributed by atoms with Crippen molar-refractivity contribution in [3.05, 3.63) is 47.8 Å². The zero-order chi connectivity index (χ0) is 14.1. The second-order valence-electron chi connectivity index (χ2n) is 4.75. The largest absolute Gasteiger partial charge is 0.344 e. The van der Waals surface area contributed by atoms with Gasteiger partial charge in [0, 0.05) is 11.9 Å². The standard InChI is InChI=1S/C14H15N5O/c1-8-7-15-12(16-8)9(2)17-14(20)13-18-10-5-3-4-6-11(10)19-13/h3-7,9H,1-2H3,(H,15,16)(H,17,20)(H,18,19)/t9-/m1/s1. The van der Waals surface area contributed by atoms with Crippen LogP contribution in [0.25, 0.3) is 11.0 Å². The fourth-order valence-electron chi connectivity index (χ4n) is 2.05. The molecule has 20 heavy (non-hydrogen) atoms. The van der Waals surface area contributed by atoms with E-state index < -0.39 is 0 Å². The van der Waals surface area contributed by atoms with Gasteiger partial charge in [-0.3, -0.25) is 4.79 Å². The molecule has 0 saturated heterocycles. The molecule has 0 aliphatic carbocycles. The molecule has 102 valence electrons. The SMILES string of the molecule is Cc1cnc([C@@H](C)NC(=O)c2nc3ccccc3[nH]2)[nH]1. The Morgan fingerprint density at radius 3 is 2.80 bits per heavy atom. The molecule has 2 aromatic heterocycles. The summed E-state index contributed by atoms with van der Waals surface area (Å²) in [5, 5.41) is 2.86. The van der Waals surface area contributed by atoms with Crippen molar-refractivity contribution in [2.45, 2.75) is 19.9 Å². The third-order valence-corrected chi connectivity index (χ3v) is 3.08. The zero-order valence-electron chi connectivity index (χ0n) is 11.3. The zero-order valence-corrected chi connectivity index (χ0v) is 11.3. The highest BCUT2D eigenvalue weighted by Crippen LogP contribution is 2.12. The molecule has 1 aromatic carbocycles. The average molecular weight is 269 g/mol. The number of nitrogens with one attached hydrogen (secondary N) is 3. The third-order valence-electron chi connectivity index (χ3n) is 3.08. The number of nitrogens with zero attached hydrogens (tertiary/aromatic N) is 2. The van der Waals surface area contributed by atoms with Crippen LogP contribution in [0.3, 0.4) is 0 Å². The fourth-order valence-corrected chi connectivity index (χ4v) is 2.05. The van der Waals surface area contributed by atoms with Gasteiger partial charge in [-0.15, -0.1) is 0 Å². The van der Waals surface area contributed by atoms with Crippen LogP contribution in [-0.4, -0.2) is 25.8 Å². The molecule has 0 unspecified atom stereocenters. The fraction of sp³-hybridized carbons (Fsp3) is 0.214. The van der Waals surface area contributed by atoms with Crippen LogP contribution in [0.1, 0.15) is 35.1 Å². The second kappa shape index (κ2) is 4.80. The third kappa shape index (κ3) is 2.27. The highest BCUT2D eigenvalue weighted by atomic mass is 16.2. The Morgan fingerprint density at radius 1 is 1.30 bits per heavy atom. The van der Waals surface area contributed by atoms with Crippen molar-refractivity contribution >= 4 is 16.9 Å². The van der Waals surface area contributed by atoms with Crippen molar-refractivity contribution in [1.82, 2.24) is 25.3 Å². The molecule has 3 rings (SSSR count). The number of carbonyl (C=O) groups is 1. The van der Waals surface area contributed by atoms with E-state index in [0.29, 0.717) is 5.82 Å².